The largest absolute Gasteiger partial charge is 0.250 e. The molecule has 0 saturated carbocycles. The summed E-state index contributed by atoms with van der Waals surface area (Å²) in [5, 5.41) is 1.01. The minimum atomic E-state index is 0.162. The van der Waals surface area contributed by atoms with Crippen LogP contribution in [0, 0.1) is 0 Å². The number of nitrogens with zero attached hydrogens (tertiary/aromatic N) is 1. The van der Waals surface area contributed by atoms with E-state index in [9.17, 15) is 0 Å². The Labute approximate surface area is 111 Å². The standard InChI is InChI=1S/C12H15NS3/c1-12(7-3-5-9-15-12)11(14)16-10-6-2-4-8-13-10/h2,4,6,8H,3,5,7,9H2,1H3. The Bertz CT molecular complexity index is 358. The topological polar surface area (TPSA) is 12.9 Å². The molecule has 1 atom stereocenters. The van der Waals surface area contributed by atoms with Crippen LogP contribution in [0.5, 0.6) is 0 Å². The molecule has 1 unspecified atom stereocenters. The van der Waals surface area contributed by atoms with Gasteiger partial charge in [0.2, 0.25) is 0 Å². The van der Waals surface area contributed by atoms with Crippen LogP contribution in [0.25, 0.3) is 0 Å². The van der Waals surface area contributed by atoms with Gasteiger partial charge in [0.15, 0.2) is 0 Å². The van der Waals surface area contributed by atoms with Crippen LogP contribution in [0.15, 0.2) is 29.4 Å². The number of pyridine rings is 1. The molecule has 0 N–H and O–H groups in total. The number of hydrogen-bond acceptors (Lipinski definition) is 4. The van der Waals surface area contributed by atoms with Crippen LogP contribution < -0.4 is 0 Å². The summed E-state index contributed by atoms with van der Waals surface area (Å²) in [6.45, 7) is 2.27. The molecule has 0 amide bonds. The van der Waals surface area contributed by atoms with Crippen molar-refractivity contribution < 1.29 is 0 Å². The summed E-state index contributed by atoms with van der Waals surface area (Å²) < 4.78 is 1.24. The molecule has 16 heavy (non-hydrogen) atoms. The Balaban J connectivity index is 2.02. The van der Waals surface area contributed by atoms with E-state index in [2.05, 4.69) is 11.9 Å². The zero-order valence-corrected chi connectivity index (χ0v) is 11.8. The zero-order chi connectivity index (χ0) is 11.4. The first-order chi connectivity index (χ1) is 7.71. The van der Waals surface area contributed by atoms with E-state index in [1.807, 2.05) is 36.2 Å². The highest BCUT2D eigenvalue weighted by molar-refractivity contribution is 8.25. The van der Waals surface area contributed by atoms with Gasteiger partial charge in [-0.3, -0.25) is 0 Å². The molecular weight excluding hydrogens is 254 g/mol. The van der Waals surface area contributed by atoms with Gasteiger partial charge in [-0.25, -0.2) is 4.98 Å². The summed E-state index contributed by atoms with van der Waals surface area (Å²) in [7, 11) is 0. The fourth-order valence-electron chi connectivity index (χ4n) is 1.71. The molecule has 1 aromatic rings. The molecule has 1 fully saturated rings. The van der Waals surface area contributed by atoms with Crippen molar-refractivity contribution >= 4 is 39.9 Å². The van der Waals surface area contributed by atoms with Crippen molar-refractivity contribution in [2.45, 2.75) is 36.0 Å². The molecule has 1 aromatic heterocycles. The van der Waals surface area contributed by atoms with Gasteiger partial charge in [0.25, 0.3) is 0 Å². The van der Waals surface area contributed by atoms with Crippen LogP contribution in [0.4, 0.5) is 0 Å². The third kappa shape index (κ3) is 2.99. The minimum absolute atomic E-state index is 0.162. The smallest absolute Gasteiger partial charge is 0.101 e. The second-order valence-corrected chi connectivity index (χ2v) is 7.39. The van der Waals surface area contributed by atoms with E-state index in [0.29, 0.717) is 0 Å². The lowest BCUT2D eigenvalue weighted by Crippen LogP contribution is -2.31. The van der Waals surface area contributed by atoms with Crippen LogP contribution in [-0.4, -0.2) is 19.7 Å². The van der Waals surface area contributed by atoms with Gasteiger partial charge in [-0.1, -0.05) is 36.5 Å². The van der Waals surface area contributed by atoms with Crippen molar-refractivity contribution in [3.8, 4) is 0 Å². The monoisotopic (exact) mass is 269 g/mol. The zero-order valence-electron chi connectivity index (χ0n) is 9.31. The van der Waals surface area contributed by atoms with E-state index in [4.69, 9.17) is 12.2 Å². The Hall–Kier alpha value is -0.0600. The highest BCUT2D eigenvalue weighted by Gasteiger charge is 2.32. The third-order valence-electron chi connectivity index (χ3n) is 2.74. The van der Waals surface area contributed by atoms with Gasteiger partial charge in [0, 0.05) is 6.20 Å². The van der Waals surface area contributed by atoms with Gasteiger partial charge in [0.05, 0.1) is 8.94 Å². The van der Waals surface area contributed by atoms with E-state index < -0.39 is 0 Å². The molecule has 0 spiro atoms. The summed E-state index contributed by atoms with van der Waals surface area (Å²) in [5.74, 6) is 1.24. The number of thiocarbonyl (C=S) groups is 1. The van der Waals surface area contributed by atoms with Crippen LogP contribution in [0.1, 0.15) is 26.2 Å². The van der Waals surface area contributed by atoms with Crippen LogP contribution in [0.3, 0.4) is 0 Å². The lowest BCUT2D eigenvalue weighted by molar-refractivity contribution is 0.646. The van der Waals surface area contributed by atoms with Gasteiger partial charge in [-0.15, -0.1) is 11.8 Å². The first kappa shape index (κ1) is 12.4. The van der Waals surface area contributed by atoms with Crippen LogP contribution >= 0.6 is 35.7 Å². The fourth-order valence-corrected chi connectivity index (χ4v) is 4.52. The molecule has 0 aliphatic carbocycles. The summed E-state index contributed by atoms with van der Waals surface area (Å²) in [6, 6.07) is 5.96. The van der Waals surface area contributed by atoms with Gasteiger partial charge in [-0.2, -0.15) is 0 Å². The second-order valence-electron chi connectivity index (χ2n) is 4.09. The second kappa shape index (κ2) is 5.52. The average Bonchev–Trinajstić information content (AvgIpc) is 2.31. The summed E-state index contributed by atoms with van der Waals surface area (Å²) in [4.78, 5) is 4.31. The molecule has 1 aliphatic rings. The maximum atomic E-state index is 5.57. The minimum Gasteiger partial charge on any atom is -0.250 e. The van der Waals surface area contributed by atoms with Gasteiger partial charge >= 0.3 is 0 Å². The number of aromatic nitrogens is 1. The van der Waals surface area contributed by atoms with Crippen molar-refractivity contribution in [1.29, 1.82) is 0 Å². The van der Waals surface area contributed by atoms with Gasteiger partial charge in [-0.05, 0) is 37.7 Å². The van der Waals surface area contributed by atoms with Crippen LogP contribution in [0.2, 0.25) is 0 Å². The molecule has 1 nitrogen and oxygen atoms in total. The first-order valence-corrected chi connectivity index (χ1v) is 7.69. The maximum Gasteiger partial charge on any atom is 0.101 e. The molecule has 2 heterocycles. The predicted molar refractivity (Wildman–Crippen MR) is 77.4 cm³/mol. The Morgan fingerprint density at radius 2 is 2.38 bits per heavy atom. The molecule has 1 saturated heterocycles. The Kier molecular flexibility index (Phi) is 4.27. The molecule has 0 bridgehead atoms. The molecular formula is C12H15NS3. The van der Waals surface area contributed by atoms with E-state index in [0.717, 1.165) is 9.22 Å². The highest BCUT2D eigenvalue weighted by Crippen LogP contribution is 2.41. The van der Waals surface area contributed by atoms with Crippen molar-refractivity contribution in [1.82, 2.24) is 4.98 Å². The van der Waals surface area contributed by atoms with Crippen molar-refractivity contribution in [2.24, 2.45) is 0 Å². The Morgan fingerprint density at radius 1 is 1.50 bits per heavy atom. The van der Waals surface area contributed by atoms with Crippen molar-refractivity contribution in [3.63, 3.8) is 0 Å². The molecule has 0 radical (unpaired) electrons. The van der Waals surface area contributed by atoms with Crippen LogP contribution in [-0.2, 0) is 0 Å². The molecule has 86 valence electrons. The maximum absolute atomic E-state index is 5.57. The van der Waals surface area contributed by atoms with Crippen molar-refractivity contribution in [3.05, 3.63) is 24.4 Å². The quantitative estimate of drug-likeness (QED) is 0.590. The average molecular weight is 269 g/mol. The normalized spacial score (nSPS) is 25.3. The lowest BCUT2D eigenvalue weighted by Gasteiger charge is -2.32. The van der Waals surface area contributed by atoms with E-state index >= 15 is 0 Å². The summed E-state index contributed by atoms with van der Waals surface area (Å²) in [6.07, 6.45) is 5.65. The Morgan fingerprint density at radius 3 is 3.00 bits per heavy atom. The van der Waals surface area contributed by atoms with E-state index in [-0.39, 0.29) is 4.75 Å². The van der Waals surface area contributed by atoms with Crippen molar-refractivity contribution in [2.75, 3.05) is 5.75 Å². The lowest BCUT2D eigenvalue weighted by atomic mass is 10.1. The molecule has 1 aliphatic heterocycles. The fraction of sp³-hybridized carbons (Fsp3) is 0.500. The van der Waals surface area contributed by atoms with Gasteiger partial charge in [0.1, 0.15) is 5.03 Å². The first-order valence-electron chi connectivity index (χ1n) is 5.48. The third-order valence-corrected chi connectivity index (χ3v) is 6.32. The molecule has 4 heteroatoms. The number of thioether (sulfide) groups is 2. The number of hydrogen-bond donors (Lipinski definition) is 0. The van der Waals surface area contributed by atoms with E-state index in [1.54, 1.807) is 11.8 Å². The molecule has 0 aromatic carbocycles. The highest BCUT2D eigenvalue weighted by atomic mass is 32.2. The SMILES string of the molecule is CC1(C(=S)Sc2ccccn2)CCCCS1. The molecule has 2 rings (SSSR count). The summed E-state index contributed by atoms with van der Waals surface area (Å²) >= 11 is 9.22. The number of rotatable bonds is 2. The van der Waals surface area contributed by atoms with Gasteiger partial charge < -0.3 is 0 Å². The predicted octanol–water partition coefficient (Wildman–Crippen LogP) is 4.18. The van der Waals surface area contributed by atoms with E-state index in [1.165, 1.54) is 25.0 Å². The summed E-state index contributed by atoms with van der Waals surface area (Å²) in [5.41, 5.74) is 0.